The fraction of sp³-hybridized carbons (Fsp3) is 0.750. The molecule has 2 fully saturated rings. The predicted molar refractivity (Wildman–Crippen MR) is 82.2 cm³/mol. The lowest BCUT2D eigenvalue weighted by molar-refractivity contribution is 0.214. The van der Waals surface area contributed by atoms with Crippen molar-refractivity contribution in [2.45, 2.75) is 45.7 Å². The molecule has 2 saturated carbocycles. The van der Waals surface area contributed by atoms with Gasteiger partial charge in [-0.3, -0.25) is 0 Å². The van der Waals surface area contributed by atoms with Crippen molar-refractivity contribution in [3.05, 3.63) is 21.4 Å². The Hall–Kier alpha value is -0.380. The van der Waals surface area contributed by atoms with Gasteiger partial charge in [0.25, 0.3) is 0 Å². The molecule has 1 heterocycles. The molecule has 3 heteroatoms. The second kappa shape index (κ2) is 5.55. The number of aryl methyl sites for hydroxylation is 1. The summed E-state index contributed by atoms with van der Waals surface area (Å²) in [5, 5.41) is 0. The van der Waals surface area contributed by atoms with Crippen LogP contribution in [0.15, 0.2) is 6.07 Å². The third-order valence-corrected chi connectivity index (χ3v) is 6.26. The third-order valence-electron chi connectivity index (χ3n) is 5.14. The van der Waals surface area contributed by atoms with Crippen molar-refractivity contribution in [1.82, 2.24) is 4.90 Å². The van der Waals surface area contributed by atoms with Crippen molar-refractivity contribution in [3.63, 3.8) is 0 Å². The summed E-state index contributed by atoms with van der Waals surface area (Å²) in [5.74, 6) is 3.07. The molecule has 1 aromatic rings. The summed E-state index contributed by atoms with van der Waals surface area (Å²) >= 11 is 1.86. The molecule has 3 rings (SSSR count). The Morgan fingerprint density at radius 2 is 2.21 bits per heavy atom. The Kier molecular flexibility index (Phi) is 3.97. The predicted octanol–water partition coefficient (Wildman–Crippen LogP) is 3.38. The average molecular weight is 278 g/mol. The van der Waals surface area contributed by atoms with E-state index in [1.165, 1.54) is 47.5 Å². The fourth-order valence-electron chi connectivity index (χ4n) is 4.20. The van der Waals surface area contributed by atoms with Gasteiger partial charge in [-0.2, -0.15) is 0 Å². The lowest BCUT2D eigenvalue weighted by atomic mass is 9.88. The second-order valence-corrected chi connectivity index (χ2v) is 7.97. The number of nitrogens with two attached hydrogens (primary N) is 1. The molecule has 0 aliphatic heterocycles. The van der Waals surface area contributed by atoms with Crippen LogP contribution < -0.4 is 5.73 Å². The van der Waals surface area contributed by atoms with Crippen molar-refractivity contribution in [1.29, 1.82) is 0 Å². The summed E-state index contributed by atoms with van der Waals surface area (Å²) in [4.78, 5) is 5.29. The number of hydrogen-bond donors (Lipinski definition) is 1. The van der Waals surface area contributed by atoms with Crippen LogP contribution in [0.3, 0.4) is 0 Å². The van der Waals surface area contributed by atoms with Gasteiger partial charge in [0.15, 0.2) is 0 Å². The second-order valence-electron chi connectivity index (χ2n) is 6.63. The first-order chi connectivity index (χ1) is 9.15. The molecule has 2 N–H and O–H groups in total. The maximum absolute atomic E-state index is 5.73. The minimum Gasteiger partial charge on any atom is -0.326 e. The van der Waals surface area contributed by atoms with Gasteiger partial charge in [0.05, 0.1) is 0 Å². The van der Waals surface area contributed by atoms with E-state index in [1.54, 1.807) is 0 Å². The Labute approximate surface area is 121 Å². The van der Waals surface area contributed by atoms with Gasteiger partial charge in [0.2, 0.25) is 0 Å². The molecule has 2 aliphatic rings. The third kappa shape index (κ3) is 2.88. The SMILES string of the molecule is Cc1sc(CN)cc1CN(C)CC1CC2CCC1C2. The molecule has 2 nitrogen and oxygen atoms in total. The molecule has 0 spiro atoms. The van der Waals surface area contributed by atoms with E-state index in [1.807, 2.05) is 11.3 Å². The zero-order valence-electron chi connectivity index (χ0n) is 12.2. The van der Waals surface area contributed by atoms with Crippen molar-refractivity contribution in [2.24, 2.45) is 23.5 Å². The summed E-state index contributed by atoms with van der Waals surface area (Å²) in [6, 6.07) is 2.30. The normalized spacial score (nSPS) is 29.6. The first kappa shape index (κ1) is 13.6. The number of rotatable bonds is 5. The van der Waals surface area contributed by atoms with Gasteiger partial charge in [-0.25, -0.2) is 0 Å². The van der Waals surface area contributed by atoms with Crippen LogP contribution in [0.2, 0.25) is 0 Å². The number of nitrogens with zero attached hydrogens (tertiary/aromatic N) is 1. The van der Waals surface area contributed by atoms with Crippen LogP contribution in [-0.4, -0.2) is 18.5 Å². The van der Waals surface area contributed by atoms with E-state index in [4.69, 9.17) is 5.73 Å². The number of fused-ring (bicyclic) bond motifs is 2. The van der Waals surface area contributed by atoms with Crippen LogP contribution in [0.1, 0.15) is 41.0 Å². The van der Waals surface area contributed by atoms with E-state index in [9.17, 15) is 0 Å². The minimum atomic E-state index is 0.682. The van der Waals surface area contributed by atoms with Crippen molar-refractivity contribution < 1.29 is 0 Å². The highest BCUT2D eigenvalue weighted by molar-refractivity contribution is 7.12. The molecular weight excluding hydrogens is 252 g/mol. The van der Waals surface area contributed by atoms with Crippen molar-refractivity contribution >= 4 is 11.3 Å². The standard InChI is InChI=1S/C16H26N2S/c1-11-14(7-16(8-17)19-11)9-18(2)10-15-6-12-3-4-13(15)5-12/h7,12-13,15H,3-6,8-10,17H2,1-2H3. The minimum absolute atomic E-state index is 0.682. The molecule has 2 bridgehead atoms. The molecule has 19 heavy (non-hydrogen) atoms. The lowest BCUT2D eigenvalue weighted by Gasteiger charge is -2.27. The maximum atomic E-state index is 5.73. The molecule has 0 amide bonds. The molecule has 106 valence electrons. The van der Waals surface area contributed by atoms with Gasteiger partial charge in [0, 0.05) is 29.4 Å². The Balaban J connectivity index is 1.56. The van der Waals surface area contributed by atoms with Crippen LogP contribution in [0.4, 0.5) is 0 Å². The summed E-state index contributed by atoms with van der Waals surface area (Å²) in [6.07, 6.45) is 6.02. The smallest absolute Gasteiger partial charge is 0.0274 e. The highest BCUT2D eigenvalue weighted by Gasteiger charge is 2.39. The first-order valence-corrected chi connectivity index (χ1v) is 8.44. The monoisotopic (exact) mass is 278 g/mol. The molecule has 3 unspecified atom stereocenters. The Bertz CT molecular complexity index is 440. The summed E-state index contributed by atoms with van der Waals surface area (Å²) < 4.78 is 0. The van der Waals surface area contributed by atoms with E-state index < -0.39 is 0 Å². The van der Waals surface area contributed by atoms with Gasteiger partial charge >= 0.3 is 0 Å². The van der Waals surface area contributed by atoms with Crippen LogP contribution in [0.25, 0.3) is 0 Å². The van der Waals surface area contributed by atoms with Crippen LogP contribution >= 0.6 is 11.3 Å². The van der Waals surface area contributed by atoms with Gasteiger partial charge in [0.1, 0.15) is 0 Å². The van der Waals surface area contributed by atoms with Crippen LogP contribution in [0, 0.1) is 24.7 Å². The Morgan fingerprint density at radius 1 is 1.37 bits per heavy atom. The molecular formula is C16H26N2S. The average Bonchev–Trinajstić information content (AvgIpc) is 3.05. The molecule has 3 atom stereocenters. The Morgan fingerprint density at radius 3 is 2.79 bits per heavy atom. The highest BCUT2D eigenvalue weighted by Crippen LogP contribution is 2.48. The van der Waals surface area contributed by atoms with Gasteiger partial charge in [-0.1, -0.05) is 6.42 Å². The number of thiophene rings is 1. The molecule has 1 aromatic heterocycles. The van der Waals surface area contributed by atoms with Gasteiger partial charge in [-0.05, 0) is 62.6 Å². The fourth-order valence-corrected chi connectivity index (χ4v) is 5.13. The summed E-state index contributed by atoms with van der Waals surface area (Å²) in [5.41, 5.74) is 7.22. The quantitative estimate of drug-likeness (QED) is 0.894. The van der Waals surface area contributed by atoms with Crippen molar-refractivity contribution in [3.8, 4) is 0 Å². The summed E-state index contributed by atoms with van der Waals surface area (Å²) in [6.45, 7) is 5.29. The highest BCUT2D eigenvalue weighted by atomic mass is 32.1. The van der Waals surface area contributed by atoms with E-state index in [0.717, 1.165) is 24.3 Å². The zero-order valence-corrected chi connectivity index (χ0v) is 13.0. The van der Waals surface area contributed by atoms with E-state index in [-0.39, 0.29) is 0 Å². The molecule has 0 radical (unpaired) electrons. The molecule has 0 aromatic carbocycles. The van der Waals surface area contributed by atoms with Crippen LogP contribution in [0.5, 0.6) is 0 Å². The summed E-state index contributed by atoms with van der Waals surface area (Å²) in [7, 11) is 2.28. The first-order valence-electron chi connectivity index (χ1n) is 7.62. The lowest BCUT2D eigenvalue weighted by Crippen LogP contribution is -2.28. The van der Waals surface area contributed by atoms with Gasteiger partial charge < -0.3 is 10.6 Å². The number of hydrogen-bond acceptors (Lipinski definition) is 3. The molecule has 2 aliphatic carbocycles. The maximum Gasteiger partial charge on any atom is 0.0274 e. The van der Waals surface area contributed by atoms with E-state index >= 15 is 0 Å². The largest absolute Gasteiger partial charge is 0.326 e. The molecule has 0 saturated heterocycles. The zero-order chi connectivity index (χ0) is 13.4. The van der Waals surface area contributed by atoms with Gasteiger partial charge in [-0.15, -0.1) is 11.3 Å². The van der Waals surface area contributed by atoms with E-state index in [2.05, 4.69) is 24.9 Å². The topological polar surface area (TPSA) is 29.3 Å². The van der Waals surface area contributed by atoms with E-state index in [0.29, 0.717) is 6.54 Å². The van der Waals surface area contributed by atoms with Crippen molar-refractivity contribution in [2.75, 3.05) is 13.6 Å². The van der Waals surface area contributed by atoms with Crippen LogP contribution in [-0.2, 0) is 13.1 Å².